The number of carboxylic acid groups (broad SMARTS) is 1. The fourth-order valence-electron chi connectivity index (χ4n) is 2.78. The van der Waals surface area contributed by atoms with Crippen molar-refractivity contribution in [3.8, 4) is 5.75 Å². The minimum absolute atomic E-state index is 0.101. The summed E-state index contributed by atoms with van der Waals surface area (Å²) >= 11 is 0. The molecule has 7 nitrogen and oxygen atoms in total. The van der Waals surface area contributed by atoms with E-state index in [0.717, 1.165) is 18.6 Å². The summed E-state index contributed by atoms with van der Waals surface area (Å²) in [5, 5.41) is 11.7. The Kier molecular flexibility index (Phi) is 5.58. The number of amides is 1. The molecule has 26 heavy (non-hydrogen) atoms. The van der Waals surface area contributed by atoms with Crippen LogP contribution in [0.2, 0.25) is 0 Å². The number of hydrogen-bond donors (Lipinski definition) is 2. The average molecular weight is 359 g/mol. The molecule has 1 amide bonds. The van der Waals surface area contributed by atoms with Gasteiger partial charge in [-0.1, -0.05) is 0 Å². The molecular weight excluding hydrogens is 338 g/mol. The number of ether oxygens (including phenoxy) is 2. The van der Waals surface area contributed by atoms with Gasteiger partial charge in [0.2, 0.25) is 0 Å². The topological polar surface area (TPSA) is 98.0 Å². The normalized spacial score (nSPS) is 14.8. The van der Waals surface area contributed by atoms with Crippen LogP contribution in [0.25, 0.3) is 0 Å². The quantitative estimate of drug-likeness (QED) is 0.823. The van der Waals surface area contributed by atoms with Gasteiger partial charge in [-0.2, -0.15) is 0 Å². The molecule has 0 bridgehead atoms. The fraction of sp³-hybridized carbons (Fsp3) is 0.368. The lowest BCUT2D eigenvalue weighted by Crippen LogP contribution is -2.26. The van der Waals surface area contributed by atoms with Crippen LogP contribution in [-0.4, -0.2) is 36.3 Å². The molecule has 0 unspecified atom stereocenters. The highest BCUT2D eigenvalue weighted by molar-refractivity contribution is 5.94. The lowest BCUT2D eigenvalue weighted by molar-refractivity contribution is 0.0255. The van der Waals surface area contributed by atoms with Gasteiger partial charge < -0.3 is 24.3 Å². The number of nitrogens with one attached hydrogen (secondary N) is 1. The number of furan rings is 1. The third-order valence-corrected chi connectivity index (χ3v) is 4.21. The van der Waals surface area contributed by atoms with Gasteiger partial charge in [0.25, 0.3) is 5.91 Å². The zero-order chi connectivity index (χ0) is 18.5. The Morgan fingerprint density at radius 2 is 1.92 bits per heavy atom. The van der Waals surface area contributed by atoms with Gasteiger partial charge in [0.05, 0.1) is 19.8 Å². The van der Waals surface area contributed by atoms with Crippen molar-refractivity contribution >= 4 is 11.9 Å². The molecule has 0 radical (unpaired) electrons. The van der Waals surface area contributed by atoms with Crippen molar-refractivity contribution in [3.63, 3.8) is 0 Å². The molecule has 138 valence electrons. The molecule has 1 saturated heterocycles. The van der Waals surface area contributed by atoms with E-state index in [0.29, 0.717) is 30.3 Å². The van der Waals surface area contributed by atoms with Gasteiger partial charge in [0.1, 0.15) is 28.9 Å². The first-order valence-corrected chi connectivity index (χ1v) is 8.48. The molecule has 0 atom stereocenters. The maximum absolute atomic E-state index is 12.2. The maximum atomic E-state index is 12.2. The highest BCUT2D eigenvalue weighted by Gasteiger charge is 2.16. The van der Waals surface area contributed by atoms with E-state index in [4.69, 9.17) is 19.0 Å². The summed E-state index contributed by atoms with van der Waals surface area (Å²) in [5.74, 6) is 0.114. The number of rotatable bonds is 6. The number of carbonyl (C=O) groups is 2. The summed E-state index contributed by atoms with van der Waals surface area (Å²) in [6.07, 6.45) is 1.88. The largest absolute Gasteiger partial charge is 0.490 e. The zero-order valence-electron chi connectivity index (χ0n) is 14.5. The van der Waals surface area contributed by atoms with Gasteiger partial charge >= 0.3 is 5.97 Å². The summed E-state index contributed by atoms with van der Waals surface area (Å²) in [5.41, 5.74) is 0.593. The third-order valence-electron chi connectivity index (χ3n) is 4.21. The van der Waals surface area contributed by atoms with Crippen LogP contribution in [0.15, 0.2) is 34.7 Å². The Morgan fingerprint density at radius 1 is 1.23 bits per heavy atom. The van der Waals surface area contributed by atoms with Crippen molar-refractivity contribution in [1.82, 2.24) is 5.32 Å². The summed E-state index contributed by atoms with van der Waals surface area (Å²) in [4.78, 5) is 23.2. The number of carbonyl (C=O) groups excluding carboxylic acids is 1. The summed E-state index contributed by atoms with van der Waals surface area (Å²) in [7, 11) is 0. The van der Waals surface area contributed by atoms with Crippen molar-refractivity contribution in [2.75, 3.05) is 13.2 Å². The van der Waals surface area contributed by atoms with E-state index < -0.39 is 5.97 Å². The molecule has 3 rings (SSSR count). The van der Waals surface area contributed by atoms with Crippen molar-refractivity contribution < 1.29 is 28.6 Å². The van der Waals surface area contributed by atoms with Gasteiger partial charge in [0.15, 0.2) is 0 Å². The lowest BCUT2D eigenvalue weighted by atomic mass is 10.1. The van der Waals surface area contributed by atoms with Crippen LogP contribution in [0.4, 0.5) is 0 Å². The summed E-state index contributed by atoms with van der Waals surface area (Å²) < 4.78 is 16.5. The van der Waals surface area contributed by atoms with Gasteiger partial charge in [-0.15, -0.1) is 0 Å². The Balaban J connectivity index is 1.54. The van der Waals surface area contributed by atoms with Gasteiger partial charge in [0, 0.05) is 18.4 Å². The van der Waals surface area contributed by atoms with E-state index in [2.05, 4.69) is 5.32 Å². The van der Waals surface area contributed by atoms with E-state index in [1.165, 1.54) is 6.07 Å². The van der Waals surface area contributed by atoms with Crippen molar-refractivity contribution in [3.05, 3.63) is 53.0 Å². The van der Waals surface area contributed by atoms with Crippen molar-refractivity contribution in [2.45, 2.75) is 32.4 Å². The zero-order valence-corrected chi connectivity index (χ0v) is 14.5. The second kappa shape index (κ2) is 8.05. The number of aromatic carboxylic acids is 1. The van der Waals surface area contributed by atoms with Crippen LogP contribution in [0, 0.1) is 6.92 Å². The standard InChI is InChI=1S/C19H21NO6/c1-12-17(19(22)23)10-16(25-12)11-20-18(21)13-2-4-14(5-3-13)26-15-6-8-24-9-7-15/h2-5,10,15H,6-9,11H2,1H3,(H,20,21)(H,22,23). The number of aryl methyl sites for hydroxylation is 1. The first-order valence-electron chi connectivity index (χ1n) is 8.48. The van der Waals surface area contributed by atoms with Crippen LogP contribution < -0.4 is 10.1 Å². The highest BCUT2D eigenvalue weighted by Crippen LogP contribution is 2.19. The van der Waals surface area contributed by atoms with Gasteiger partial charge in [-0.3, -0.25) is 4.79 Å². The minimum Gasteiger partial charge on any atom is -0.490 e. The fourth-order valence-corrected chi connectivity index (χ4v) is 2.78. The first-order chi connectivity index (χ1) is 12.5. The number of carboxylic acids is 1. The Bertz CT molecular complexity index is 774. The molecule has 1 aromatic carbocycles. The number of hydrogen-bond acceptors (Lipinski definition) is 5. The molecule has 0 saturated carbocycles. The Labute approximate surface area is 150 Å². The maximum Gasteiger partial charge on any atom is 0.339 e. The summed E-state index contributed by atoms with van der Waals surface area (Å²) in [6.45, 7) is 3.11. The minimum atomic E-state index is -1.05. The Hall–Kier alpha value is -2.80. The van der Waals surface area contributed by atoms with Gasteiger partial charge in [-0.05, 0) is 37.3 Å². The molecule has 7 heteroatoms. The second-order valence-corrected chi connectivity index (χ2v) is 6.12. The molecule has 2 heterocycles. The second-order valence-electron chi connectivity index (χ2n) is 6.12. The van der Waals surface area contributed by atoms with Crippen molar-refractivity contribution in [1.29, 1.82) is 0 Å². The molecular formula is C19H21NO6. The first kappa shape index (κ1) is 18.0. The van der Waals surface area contributed by atoms with Crippen LogP contribution in [0.1, 0.15) is 45.1 Å². The number of benzene rings is 1. The van der Waals surface area contributed by atoms with E-state index in [-0.39, 0.29) is 24.1 Å². The SMILES string of the molecule is Cc1oc(CNC(=O)c2ccc(OC3CCOCC3)cc2)cc1C(=O)O. The van der Waals surface area contributed by atoms with E-state index in [9.17, 15) is 9.59 Å². The molecule has 1 aliphatic heterocycles. The lowest BCUT2D eigenvalue weighted by Gasteiger charge is -2.23. The molecule has 0 aliphatic carbocycles. The predicted octanol–water partition coefficient (Wildman–Crippen LogP) is 2.77. The van der Waals surface area contributed by atoms with E-state index in [1.54, 1.807) is 31.2 Å². The molecule has 0 spiro atoms. The molecule has 1 fully saturated rings. The highest BCUT2D eigenvalue weighted by atomic mass is 16.5. The predicted molar refractivity (Wildman–Crippen MR) is 92.5 cm³/mol. The average Bonchev–Trinajstić information content (AvgIpc) is 3.02. The molecule has 1 aromatic heterocycles. The van der Waals surface area contributed by atoms with Crippen LogP contribution >= 0.6 is 0 Å². The smallest absolute Gasteiger partial charge is 0.339 e. The molecule has 1 aliphatic rings. The van der Waals surface area contributed by atoms with E-state index >= 15 is 0 Å². The van der Waals surface area contributed by atoms with E-state index in [1.807, 2.05) is 0 Å². The van der Waals surface area contributed by atoms with Crippen molar-refractivity contribution in [2.24, 2.45) is 0 Å². The van der Waals surface area contributed by atoms with Crippen LogP contribution in [-0.2, 0) is 11.3 Å². The summed E-state index contributed by atoms with van der Waals surface area (Å²) in [6, 6.07) is 8.34. The molecule has 2 aromatic rings. The Morgan fingerprint density at radius 3 is 2.54 bits per heavy atom. The molecule has 2 N–H and O–H groups in total. The third kappa shape index (κ3) is 4.43. The van der Waals surface area contributed by atoms with Crippen LogP contribution in [0.5, 0.6) is 5.75 Å². The van der Waals surface area contributed by atoms with Gasteiger partial charge in [-0.25, -0.2) is 4.79 Å². The monoisotopic (exact) mass is 359 g/mol. The van der Waals surface area contributed by atoms with Crippen LogP contribution in [0.3, 0.4) is 0 Å².